The average Bonchev–Trinajstić information content (AvgIpc) is 3.00. The number of aryl methyl sites for hydroxylation is 1. The van der Waals surface area contributed by atoms with Crippen molar-refractivity contribution in [2.75, 3.05) is 13.1 Å². The zero-order valence-electron chi connectivity index (χ0n) is 14.0. The first-order valence-corrected chi connectivity index (χ1v) is 8.25. The summed E-state index contributed by atoms with van der Waals surface area (Å²) in [6, 6.07) is 5.92. The highest BCUT2D eigenvalue weighted by Gasteiger charge is 2.32. The number of aromatic nitrogens is 2. The number of rotatable bonds is 1. The zero-order chi connectivity index (χ0) is 16.8. The van der Waals surface area contributed by atoms with Gasteiger partial charge in [-0.2, -0.15) is 0 Å². The molecule has 3 rings (SSSR count). The summed E-state index contributed by atoms with van der Waals surface area (Å²) in [7, 11) is 0. The van der Waals surface area contributed by atoms with E-state index < -0.39 is 5.60 Å². The van der Waals surface area contributed by atoms with Crippen molar-refractivity contribution in [1.29, 1.82) is 0 Å². The third-order valence-electron chi connectivity index (χ3n) is 4.02. The van der Waals surface area contributed by atoms with Crippen molar-refractivity contribution in [2.24, 2.45) is 0 Å². The number of benzene rings is 1. The molecule has 0 saturated carbocycles. The van der Waals surface area contributed by atoms with Crippen LogP contribution in [0.25, 0.3) is 11.0 Å². The van der Waals surface area contributed by atoms with Gasteiger partial charge in [0.05, 0.1) is 22.1 Å². The lowest BCUT2D eigenvalue weighted by Crippen LogP contribution is -2.35. The number of carbonyl (C=O) groups is 1. The van der Waals surface area contributed by atoms with Gasteiger partial charge in [0.15, 0.2) is 0 Å². The first kappa shape index (κ1) is 16.1. The van der Waals surface area contributed by atoms with E-state index in [9.17, 15) is 4.79 Å². The molecule has 23 heavy (non-hydrogen) atoms. The van der Waals surface area contributed by atoms with Gasteiger partial charge in [-0.3, -0.25) is 0 Å². The van der Waals surface area contributed by atoms with Crippen molar-refractivity contribution in [3.05, 3.63) is 29.0 Å². The summed E-state index contributed by atoms with van der Waals surface area (Å²) in [6.45, 7) is 8.92. The standard InChI is InChI=1S/C17H22ClN3O2/c1-11-19-14-7-5-6-13(18)15(14)21(11)12-8-9-20(10-12)16(22)23-17(2,3)4/h5-7,12H,8-10H2,1-4H3. The minimum absolute atomic E-state index is 0.174. The maximum Gasteiger partial charge on any atom is 0.410 e. The Morgan fingerprint density at radius 2 is 2.13 bits per heavy atom. The molecule has 1 fully saturated rings. The summed E-state index contributed by atoms with van der Waals surface area (Å²) >= 11 is 6.37. The normalized spacial score (nSPS) is 18.7. The topological polar surface area (TPSA) is 47.4 Å². The summed E-state index contributed by atoms with van der Waals surface area (Å²) in [5, 5.41) is 0.693. The van der Waals surface area contributed by atoms with Crippen LogP contribution in [0.4, 0.5) is 4.79 Å². The number of hydrogen-bond acceptors (Lipinski definition) is 3. The van der Waals surface area contributed by atoms with Crippen LogP contribution in [0.15, 0.2) is 18.2 Å². The Morgan fingerprint density at radius 3 is 2.83 bits per heavy atom. The molecule has 1 amide bonds. The molecule has 1 aliphatic rings. The Morgan fingerprint density at radius 1 is 1.39 bits per heavy atom. The quantitative estimate of drug-likeness (QED) is 0.785. The number of fused-ring (bicyclic) bond motifs is 1. The minimum atomic E-state index is -0.476. The van der Waals surface area contributed by atoms with E-state index in [1.165, 1.54) is 0 Å². The van der Waals surface area contributed by atoms with E-state index in [4.69, 9.17) is 16.3 Å². The second-order valence-electron chi connectivity index (χ2n) is 7.01. The molecule has 124 valence electrons. The fourth-order valence-electron chi connectivity index (χ4n) is 3.11. The van der Waals surface area contributed by atoms with Gasteiger partial charge in [-0.25, -0.2) is 9.78 Å². The molecule has 1 aromatic carbocycles. The molecule has 1 atom stereocenters. The van der Waals surface area contributed by atoms with Crippen LogP contribution in [0.3, 0.4) is 0 Å². The molecule has 2 heterocycles. The SMILES string of the molecule is Cc1nc2cccc(Cl)c2n1C1CCN(C(=O)OC(C)(C)C)C1. The maximum absolute atomic E-state index is 12.2. The van der Waals surface area contributed by atoms with Crippen LogP contribution in [0.5, 0.6) is 0 Å². The van der Waals surface area contributed by atoms with Crippen molar-refractivity contribution in [3.63, 3.8) is 0 Å². The van der Waals surface area contributed by atoms with Crippen molar-refractivity contribution in [3.8, 4) is 0 Å². The van der Waals surface area contributed by atoms with Crippen molar-refractivity contribution < 1.29 is 9.53 Å². The van der Waals surface area contributed by atoms with E-state index in [1.54, 1.807) is 4.90 Å². The summed E-state index contributed by atoms with van der Waals surface area (Å²) in [4.78, 5) is 18.6. The van der Waals surface area contributed by atoms with E-state index in [-0.39, 0.29) is 12.1 Å². The summed E-state index contributed by atoms with van der Waals surface area (Å²) in [5.41, 5.74) is 1.37. The molecule has 6 heteroatoms. The van der Waals surface area contributed by atoms with Crippen LogP contribution in [-0.2, 0) is 4.74 Å². The molecule has 0 bridgehead atoms. The van der Waals surface area contributed by atoms with Gasteiger partial charge in [-0.15, -0.1) is 0 Å². The number of nitrogens with zero attached hydrogens (tertiary/aromatic N) is 3. The van der Waals surface area contributed by atoms with Crippen LogP contribution in [0.2, 0.25) is 5.02 Å². The van der Waals surface area contributed by atoms with Gasteiger partial charge in [-0.05, 0) is 46.2 Å². The lowest BCUT2D eigenvalue weighted by molar-refractivity contribution is 0.0289. The Labute approximate surface area is 141 Å². The third-order valence-corrected chi connectivity index (χ3v) is 4.32. The molecule has 1 aromatic heterocycles. The molecule has 1 aliphatic heterocycles. The summed E-state index contributed by atoms with van der Waals surface area (Å²) in [6.07, 6.45) is 0.615. The Bertz CT molecular complexity index is 748. The molecule has 2 aromatic rings. The maximum atomic E-state index is 12.2. The monoisotopic (exact) mass is 335 g/mol. The predicted octanol–water partition coefficient (Wildman–Crippen LogP) is 4.18. The van der Waals surface area contributed by atoms with Gasteiger partial charge in [-0.1, -0.05) is 17.7 Å². The smallest absolute Gasteiger partial charge is 0.410 e. The molecule has 0 spiro atoms. The van der Waals surface area contributed by atoms with Gasteiger partial charge in [0.2, 0.25) is 0 Å². The number of amides is 1. The first-order chi connectivity index (χ1) is 10.8. The summed E-state index contributed by atoms with van der Waals surface area (Å²) < 4.78 is 7.62. The highest BCUT2D eigenvalue weighted by molar-refractivity contribution is 6.35. The molecule has 0 aliphatic carbocycles. The Kier molecular flexibility index (Phi) is 4.00. The molecule has 1 unspecified atom stereocenters. The number of likely N-dealkylation sites (tertiary alicyclic amines) is 1. The lowest BCUT2D eigenvalue weighted by atomic mass is 10.2. The lowest BCUT2D eigenvalue weighted by Gasteiger charge is -2.24. The molecular weight excluding hydrogens is 314 g/mol. The van der Waals surface area contributed by atoms with Crippen LogP contribution < -0.4 is 0 Å². The summed E-state index contributed by atoms with van der Waals surface area (Å²) in [5.74, 6) is 0.920. The van der Waals surface area contributed by atoms with E-state index in [0.717, 1.165) is 23.3 Å². The van der Waals surface area contributed by atoms with Gasteiger partial charge in [0.25, 0.3) is 0 Å². The minimum Gasteiger partial charge on any atom is -0.444 e. The van der Waals surface area contributed by atoms with Crippen LogP contribution in [0, 0.1) is 6.92 Å². The van der Waals surface area contributed by atoms with Crippen LogP contribution in [0.1, 0.15) is 39.1 Å². The highest BCUT2D eigenvalue weighted by atomic mass is 35.5. The van der Waals surface area contributed by atoms with E-state index in [1.807, 2.05) is 45.9 Å². The van der Waals surface area contributed by atoms with Crippen LogP contribution >= 0.6 is 11.6 Å². The number of imidazole rings is 1. The number of carbonyl (C=O) groups excluding carboxylic acids is 1. The van der Waals surface area contributed by atoms with Gasteiger partial charge in [0.1, 0.15) is 11.4 Å². The molecule has 0 radical (unpaired) electrons. The largest absolute Gasteiger partial charge is 0.444 e. The average molecular weight is 336 g/mol. The molecule has 5 nitrogen and oxygen atoms in total. The van der Waals surface area contributed by atoms with E-state index in [0.29, 0.717) is 18.1 Å². The van der Waals surface area contributed by atoms with E-state index >= 15 is 0 Å². The first-order valence-electron chi connectivity index (χ1n) is 7.87. The van der Waals surface area contributed by atoms with Crippen molar-refractivity contribution >= 4 is 28.7 Å². The van der Waals surface area contributed by atoms with Gasteiger partial charge >= 0.3 is 6.09 Å². The Hall–Kier alpha value is -1.75. The van der Waals surface area contributed by atoms with Crippen LogP contribution in [-0.4, -0.2) is 39.2 Å². The highest BCUT2D eigenvalue weighted by Crippen LogP contribution is 2.32. The Balaban J connectivity index is 1.85. The number of hydrogen-bond donors (Lipinski definition) is 0. The predicted molar refractivity (Wildman–Crippen MR) is 90.9 cm³/mol. The second-order valence-corrected chi connectivity index (χ2v) is 7.41. The van der Waals surface area contributed by atoms with Gasteiger partial charge < -0.3 is 14.2 Å². The van der Waals surface area contributed by atoms with Crippen molar-refractivity contribution in [1.82, 2.24) is 14.5 Å². The number of para-hydroxylation sites is 1. The number of ether oxygens (including phenoxy) is 1. The second kappa shape index (κ2) is 5.71. The van der Waals surface area contributed by atoms with E-state index in [2.05, 4.69) is 9.55 Å². The molecule has 1 saturated heterocycles. The van der Waals surface area contributed by atoms with Crippen molar-refractivity contribution in [2.45, 2.75) is 45.8 Å². The zero-order valence-corrected chi connectivity index (χ0v) is 14.7. The fourth-order valence-corrected chi connectivity index (χ4v) is 3.37. The van der Waals surface area contributed by atoms with Gasteiger partial charge in [0, 0.05) is 13.1 Å². The molecular formula is C17H22ClN3O2. The number of halogens is 1. The molecule has 0 N–H and O–H groups in total. The fraction of sp³-hybridized carbons (Fsp3) is 0.529. The third kappa shape index (κ3) is 3.15.